The molecule has 1 aromatic carbocycles. The Morgan fingerprint density at radius 2 is 2.12 bits per heavy atom. The maximum Gasteiger partial charge on any atom is 0.313 e. The number of oxazole rings is 1. The van der Waals surface area contributed by atoms with Crippen molar-refractivity contribution < 1.29 is 19.1 Å². The van der Waals surface area contributed by atoms with Crippen LogP contribution in [-0.4, -0.2) is 40.8 Å². The van der Waals surface area contributed by atoms with Crippen LogP contribution in [0, 0.1) is 6.92 Å². The first kappa shape index (κ1) is 18.3. The maximum absolute atomic E-state index is 10.3. The second-order valence-corrected chi connectivity index (χ2v) is 6.12. The first-order chi connectivity index (χ1) is 11.7. The van der Waals surface area contributed by atoms with Crippen LogP contribution in [0.15, 0.2) is 46.9 Å². The van der Waals surface area contributed by atoms with Crippen LogP contribution in [-0.2, 0) is 16.0 Å². The smallest absolute Gasteiger partial charge is 0.313 e. The predicted molar refractivity (Wildman–Crippen MR) is 95.3 cm³/mol. The third kappa shape index (κ3) is 6.22. The molecule has 0 radical (unpaired) electrons. The number of thioether (sulfide) groups is 1. The van der Waals surface area contributed by atoms with Crippen molar-refractivity contribution in [2.24, 2.45) is 0 Å². The van der Waals surface area contributed by atoms with E-state index in [9.17, 15) is 4.79 Å². The van der Waals surface area contributed by atoms with E-state index in [1.807, 2.05) is 49.4 Å². The Kier molecular flexibility index (Phi) is 7.58. The Labute approximate surface area is 145 Å². The molecule has 0 atom stereocenters. The molecule has 0 fully saturated rings. The van der Waals surface area contributed by atoms with Gasteiger partial charge in [0.25, 0.3) is 0 Å². The summed E-state index contributed by atoms with van der Waals surface area (Å²) in [5.41, 5.74) is 1.88. The number of benzene rings is 1. The first-order valence-corrected chi connectivity index (χ1v) is 8.86. The van der Waals surface area contributed by atoms with Crippen molar-refractivity contribution >= 4 is 17.7 Å². The quantitative estimate of drug-likeness (QED) is 0.523. The fourth-order valence-electron chi connectivity index (χ4n) is 2.03. The summed E-state index contributed by atoms with van der Waals surface area (Å²) >= 11 is 1.36. The zero-order chi connectivity index (χ0) is 17.2. The molecule has 6 heteroatoms. The van der Waals surface area contributed by atoms with Gasteiger partial charge in [0.1, 0.15) is 5.76 Å². The maximum atomic E-state index is 10.3. The van der Waals surface area contributed by atoms with Crippen LogP contribution >= 0.6 is 11.8 Å². The van der Waals surface area contributed by atoms with Crippen molar-refractivity contribution in [3.8, 4) is 11.5 Å². The highest BCUT2D eigenvalue weighted by atomic mass is 32.2. The van der Waals surface area contributed by atoms with E-state index in [1.54, 1.807) is 0 Å². The highest BCUT2D eigenvalue weighted by Gasteiger charge is 2.10. The van der Waals surface area contributed by atoms with Crippen molar-refractivity contribution in [2.45, 2.75) is 13.3 Å². The second kappa shape index (κ2) is 9.95. The topological polar surface area (TPSA) is 72.6 Å². The number of aryl methyl sites for hydroxylation is 1. The van der Waals surface area contributed by atoms with E-state index in [-0.39, 0.29) is 5.75 Å². The third-order valence-corrected chi connectivity index (χ3v) is 4.10. The molecule has 0 aliphatic carbocycles. The summed E-state index contributed by atoms with van der Waals surface area (Å²) in [6, 6.07) is 9.82. The van der Waals surface area contributed by atoms with Crippen molar-refractivity contribution in [3.05, 3.63) is 53.9 Å². The van der Waals surface area contributed by atoms with E-state index in [0.29, 0.717) is 31.3 Å². The van der Waals surface area contributed by atoms with Crippen molar-refractivity contribution in [1.82, 2.24) is 4.98 Å². The Morgan fingerprint density at radius 3 is 2.88 bits per heavy atom. The average molecular weight is 347 g/mol. The number of carboxylic acid groups (broad SMARTS) is 1. The van der Waals surface area contributed by atoms with Crippen molar-refractivity contribution in [3.63, 3.8) is 0 Å². The van der Waals surface area contributed by atoms with Gasteiger partial charge in [0.2, 0.25) is 5.89 Å². The largest absolute Gasteiger partial charge is 0.481 e. The average Bonchev–Trinajstić information content (AvgIpc) is 2.95. The summed E-state index contributed by atoms with van der Waals surface area (Å²) in [5.74, 6) is 1.47. The minimum absolute atomic E-state index is 0.125. The number of ether oxygens (including phenoxy) is 1. The van der Waals surface area contributed by atoms with Crippen LogP contribution in [0.3, 0.4) is 0 Å². The lowest BCUT2D eigenvalue weighted by Gasteiger charge is -1.99. The molecular weight excluding hydrogens is 326 g/mol. The van der Waals surface area contributed by atoms with Crippen LogP contribution in [0.5, 0.6) is 0 Å². The SMILES string of the molecule is Cc1oc(-c2ccccc2)nc1CCOC/C=C/CSCC(=O)O. The van der Waals surface area contributed by atoms with Gasteiger partial charge in [-0.3, -0.25) is 4.79 Å². The van der Waals surface area contributed by atoms with Gasteiger partial charge in [-0.25, -0.2) is 4.98 Å². The normalized spacial score (nSPS) is 11.2. The molecule has 0 amide bonds. The minimum Gasteiger partial charge on any atom is -0.481 e. The minimum atomic E-state index is -0.789. The standard InChI is InChI=1S/C18H21NO4S/c1-14-16(19-18(23-14)15-7-3-2-4-8-15)9-11-22-10-5-6-12-24-13-17(20)21/h2-8H,9-13H2,1H3,(H,20,21)/b6-5+. The summed E-state index contributed by atoms with van der Waals surface area (Å²) in [7, 11) is 0. The van der Waals surface area contributed by atoms with E-state index >= 15 is 0 Å². The fraction of sp³-hybridized carbons (Fsp3) is 0.333. The van der Waals surface area contributed by atoms with Gasteiger partial charge in [0.15, 0.2) is 0 Å². The highest BCUT2D eigenvalue weighted by molar-refractivity contribution is 8.00. The lowest BCUT2D eigenvalue weighted by molar-refractivity contribution is -0.133. The molecule has 2 rings (SSSR count). The molecule has 0 saturated carbocycles. The molecule has 0 saturated heterocycles. The van der Waals surface area contributed by atoms with E-state index in [1.165, 1.54) is 11.8 Å². The van der Waals surface area contributed by atoms with Crippen LogP contribution in [0.2, 0.25) is 0 Å². The molecule has 0 unspecified atom stereocenters. The van der Waals surface area contributed by atoms with Crippen LogP contribution in [0.1, 0.15) is 11.5 Å². The predicted octanol–water partition coefficient (Wildman–Crippen LogP) is 3.58. The zero-order valence-electron chi connectivity index (χ0n) is 13.6. The van der Waals surface area contributed by atoms with Crippen LogP contribution in [0.4, 0.5) is 0 Å². The molecule has 0 bridgehead atoms. The molecule has 1 N–H and O–H groups in total. The summed E-state index contributed by atoms with van der Waals surface area (Å²) in [6.07, 6.45) is 4.52. The molecule has 0 spiro atoms. The second-order valence-electron chi connectivity index (χ2n) is 5.09. The Bertz CT molecular complexity index is 667. The van der Waals surface area contributed by atoms with Crippen molar-refractivity contribution in [1.29, 1.82) is 0 Å². The van der Waals surface area contributed by atoms with Gasteiger partial charge in [-0.15, -0.1) is 11.8 Å². The summed E-state index contributed by atoms with van der Waals surface area (Å²) in [6.45, 7) is 2.98. The number of nitrogens with zero attached hydrogens (tertiary/aromatic N) is 1. The molecule has 128 valence electrons. The molecular formula is C18H21NO4S. The van der Waals surface area contributed by atoms with E-state index < -0.39 is 5.97 Å². The zero-order valence-corrected chi connectivity index (χ0v) is 14.4. The Hall–Kier alpha value is -2.05. The molecule has 2 aromatic rings. The molecule has 0 aliphatic rings. The highest BCUT2D eigenvalue weighted by Crippen LogP contribution is 2.21. The third-order valence-electron chi connectivity index (χ3n) is 3.22. The number of hydrogen-bond donors (Lipinski definition) is 1. The van der Waals surface area contributed by atoms with E-state index in [0.717, 1.165) is 17.0 Å². The monoisotopic (exact) mass is 347 g/mol. The van der Waals surface area contributed by atoms with E-state index in [4.69, 9.17) is 14.3 Å². The van der Waals surface area contributed by atoms with Gasteiger partial charge in [0, 0.05) is 17.7 Å². The number of carboxylic acids is 1. The molecule has 1 heterocycles. The van der Waals surface area contributed by atoms with Gasteiger partial charge in [-0.1, -0.05) is 30.4 Å². The summed E-state index contributed by atoms with van der Waals surface area (Å²) in [5, 5.41) is 8.51. The molecule has 0 aliphatic heterocycles. The number of rotatable bonds is 10. The lowest BCUT2D eigenvalue weighted by atomic mass is 10.2. The van der Waals surface area contributed by atoms with Crippen molar-refractivity contribution in [2.75, 3.05) is 24.7 Å². The number of carbonyl (C=O) groups is 1. The van der Waals surface area contributed by atoms with Gasteiger partial charge in [-0.05, 0) is 19.1 Å². The number of hydrogen-bond acceptors (Lipinski definition) is 5. The molecule has 24 heavy (non-hydrogen) atoms. The van der Waals surface area contributed by atoms with E-state index in [2.05, 4.69) is 4.98 Å². The molecule has 5 nitrogen and oxygen atoms in total. The van der Waals surface area contributed by atoms with Crippen LogP contribution < -0.4 is 0 Å². The fourth-order valence-corrected chi connectivity index (χ4v) is 2.60. The van der Waals surface area contributed by atoms with Gasteiger partial charge in [-0.2, -0.15) is 0 Å². The first-order valence-electron chi connectivity index (χ1n) is 7.71. The van der Waals surface area contributed by atoms with Crippen LogP contribution in [0.25, 0.3) is 11.5 Å². The Morgan fingerprint density at radius 1 is 1.33 bits per heavy atom. The lowest BCUT2D eigenvalue weighted by Crippen LogP contribution is -2.00. The Balaban J connectivity index is 1.69. The van der Waals surface area contributed by atoms with Gasteiger partial charge < -0.3 is 14.3 Å². The summed E-state index contributed by atoms with van der Waals surface area (Å²) < 4.78 is 11.3. The van der Waals surface area contributed by atoms with Gasteiger partial charge >= 0.3 is 5.97 Å². The summed E-state index contributed by atoms with van der Waals surface area (Å²) in [4.78, 5) is 14.9. The molecule has 1 aromatic heterocycles. The van der Waals surface area contributed by atoms with Gasteiger partial charge in [0.05, 0.1) is 24.7 Å². The number of aliphatic carboxylic acids is 1. The number of aromatic nitrogens is 1.